The van der Waals surface area contributed by atoms with Crippen LogP contribution < -0.4 is 20.3 Å². The number of benzene rings is 2. The monoisotopic (exact) mass is 483 g/mol. The van der Waals surface area contributed by atoms with Crippen molar-refractivity contribution in [1.29, 1.82) is 0 Å². The average Bonchev–Trinajstić information content (AvgIpc) is 3.48. The molecule has 9 heteroatoms. The van der Waals surface area contributed by atoms with E-state index < -0.39 is 0 Å². The molecule has 0 radical (unpaired) electrons. The van der Waals surface area contributed by atoms with Crippen LogP contribution in [0.15, 0.2) is 66.0 Å². The van der Waals surface area contributed by atoms with Gasteiger partial charge in [0.15, 0.2) is 6.61 Å². The lowest BCUT2D eigenvalue weighted by molar-refractivity contribution is -0.126. The fourth-order valence-electron chi connectivity index (χ4n) is 3.47. The Hall–Kier alpha value is -3.36. The van der Waals surface area contributed by atoms with Crippen molar-refractivity contribution in [1.82, 2.24) is 5.32 Å². The van der Waals surface area contributed by atoms with E-state index in [0.29, 0.717) is 35.2 Å². The summed E-state index contributed by atoms with van der Waals surface area (Å²) >= 11 is 7.41. The number of carbonyl (C=O) groups is 3. The number of anilines is 2. The molecule has 3 amide bonds. The molecule has 2 heterocycles. The van der Waals surface area contributed by atoms with Gasteiger partial charge >= 0.3 is 0 Å². The highest BCUT2D eigenvalue weighted by molar-refractivity contribution is 7.09. The number of hydrogen-bond donors (Lipinski definition) is 2. The summed E-state index contributed by atoms with van der Waals surface area (Å²) in [6.45, 7) is 0.648. The van der Waals surface area contributed by atoms with Crippen LogP contribution >= 0.6 is 22.9 Å². The van der Waals surface area contributed by atoms with Gasteiger partial charge in [-0.05, 0) is 60.0 Å². The van der Waals surface area contributed by atoms with Crippen LogP contribution in [0.3, 0.4) is 0 Å². The molecule has 170 valence electrons. The lowest BCUT2D eigenvalue weighted by atomic mass is 10.1. The molecule has 0 aliphatic carbocycles. The molecule has 0 unspecified atom stereocenters. The Morgan fingerprint density at radius 1 is 1.09 bits per heavy atom. The van der Waals surface area contributed by atoms with Gasteiger partial charge in [0.05, 0.1) is 12.5 Å². The molecule has 2 N–H and O–H groups in total. The quantitative estimate of drug-likeness (QED) is 0.505. The molecule has 2 aromatic carbocycles. The molecule has 0 spiro atoms. The molecule has 7 nitrogen and oxygen atoms in total. The van der Waals surface area contributed by atoms with Crippen molar-refractivity contribution in [3.05, 3.63) is 75.9 Å². The molecule has 1 aliphatic rings. The predicted molar refractivity (Wildman–Crippen MR) is 129 cm³/mol. The molecule has 1 aliphatic heterocycles. The van der Waals surface area contributed by atoms with Gasteiger partial charge < -0.3 is 20.3 Å². The molecular formula is C24H22ClN3O4S. The Morgan fingerprint density at radius 2 is 1.85 bits per heavy atom. The zero-order valence-corrected chi connectivity index (χ0v) is 19.2. The first-order chi connectivity index (χ1) is 16.0. The Balaban J connectivity index is 1.26. The fraction of sp³-hybridized carbons (Fsp3) is 0.208. The van der Waals surface area contributed by atoms with E-state index in [0.717, 1.165) is 4.88 Å². The SMILES string of the molecule is O=C(COc1ccc(N2C[C@@H](C(=O)NCc3cccs3)CC2=O)cc1)Nc1ccc(Cl)cc1. The van der Waals surface area contributed by atoms with Crippen molar-refractivity contribution in [3.63, 3.8) is 0 Å². The number of halogens is 1. The minimum absolute atomic E-state index is 0.0951. The predicted octanol–water partition coefficient (Wildman–Crippen LogP) is 4.09. The van der Waals surface area contributed by atoms with E-state index in [-0.39, 0.29) is 36.7 Å². The van der Waals surface area contributed by atoms with Gasteiger partial charge in [-0.25, -0.2) is 0 Å². The van der Waals surface area contributed by atoms with Crippen LogP contribution in [0.25, 0.3) is 0 Å². The summed E-state index contributed by atoms with van der Waals surface area (Å²) in [7, 11) is 0. The summed E-state index contributed by atoms with van der Waals surface area (Å²) in [5.41, 5.74) is 1.32. The molecule has 1 aromatic heterocycles. The molecule has 1 fully saturated rings. The number of hydrogen-bond acceptors (Lipinski definition) is 5. The van der Waals surface area contributed by atoms with Crippen LogP contribution in [0.1, 0.15) is 11.3 Å². The van der Waals surface area contributed by atoms with Crippen LogP contribution in [0.4, 0.5) is 11.4 Å². The minimum atomic E-state index is -0.384. The van der Waals surface area contributed by atoms with Gasteiger partial charge in [-0.2, -0.15) is 0 Å². The zero-order valence-electron chi connectivity index (χ0n) is 17.6. The number of ether oxygens (including phenoxy) is 1. The van der Waals surface area contributed by atoms with Crippen LogP contribution in [0, 0.1) is 5.92 Å². The number of rotatable bonds is 8. The molecular weight excluding hydrogens is 462 g/mol. The van der Waals surface area contributed by atoms with Crippen molar-refractivity contribution in [2.24, 2.45) is 5.92 Å². The normalized spacial score (nSPS) is 15.4. The summed E-state index contributed by atoms with van der Waals surface area (Å²) in [5.74, 6) is -0.396. The Kier molecular flexibility index (Phi) is 7.26. The summed E-state index contributed by atoms with van der Waals surface area (Å²) in [6.07, 6.45) is 0.180. The minimum Gasteiger partial charge on any atom is -0.484 e. The lowest BCUT2D eigenvalue weighted by Gasteiger charge is -2.17. The first-order valence-electron chi connectivity index (χ1n) is 10.4. The summed E-state index contributed by atoms with van der Waals surface area (Å²) < 4.78 is 5.53. The van der Waals surface area contributed by atoms with Gasteiger partial charge in [0.25, 0.3) is 5.91 Å². The number of amides is 3. The smallest absolute Gasteiger partial charge is 0.262 e. The summed E-state index contributed by atoms with van der Waals surface area (Å²) in [6, 6.07) is 17.6. The van der Waals surface area contributed by atoms with Gasteiger partial charge in [-0.1, -0.05) is 17.7 Å². The number of nitrogens with zero attached hydrogens (tertiary/aromatic N) is 1. The standard InChI is InChI=1S/C24H22ClN3O4S/c25-17-3-5-18(6-4-17)27-22(29)15-32-20-9-7-19(8-10-20)28-14-16(12-23(28)30)24(31)26-13-21-2-1-11-33-21/h1-11,16H,12-15H2,(H,26,31)(H,27,29)/t16-/m0/s1. The van der Waals surface area contributed by atoms with Crippen LogP contribution in [0.5, 0.6) is 5.75 Å². The number of thiophene rings is 1. The van der Waals surface area contributed by atoms with E-state index in [1.54, 1.807) is 64.8 Å². The maximum atomic E-state index is 12.5. The Labute approximate surface area is 200 Å². The third-order valence-corrected chi connectivity index (χ3v) is 6.29. The van der Waals surface area contributed by atoms with E-state index in [1.165, 1.54) is 0 Å². The second-order valence-corrected chi connectivity index (χ2v) is 9.01. The van der Waals surface area contributed by atoms with Crippen molar-refractivity contribution in [3.8, 4) is 5.75 Å². The van der Waals surface area contributed by atoms with Crippen LogP contribution in [-0.4, -0.2) is 30.9 Å². The van der Waals surface area contributed by atoms with Gasteiger partial charge in [-0.3, -0.25) is 14.4 Å². The molecule has 4 rings (SSSR count). The molecule has 33 heavy (non-hydrogen) atoms. The highest BCUT2D eigenvalue weighted by Gasteiger charge is 2.35. The maximum absolute atomic E-state index is 12.5. The average molecular weight is 484 g/mol. The molecule has 1 saturated heterocycles. The van der Waals surface area contributed by atoms with E-state index in [4.69, 9.17) is 16.3 Å². The van der Waals surface area contributed by atoms with Gasteiger partial charge in [-0.15, -0.1) is 11.3 Å². The largest absolute Gasteiger partial charge is 0.484 e. The summed E-state index contributed by atoms with van der Waals surface area (Å²) in [4.78, 5) is 39.7. The van der Waals surface area contributed by atoms with Crippen molar-refractivity contribution < 1.29 is 19.1 Å². The Bertz CT molecular complexity index is 1120. The summed E-state index contributed by atoms with van der Waals surface area (Å²) in [5, 5.41) is 8.18. The molecule has 1 atom stereocenters. The number of carbonyl (C=O) groups excluding carboxylic acids is 3. The second-order valence-electron chi connectivity index (χ2n) is 7.54. The van der Waals surface area contributed by atoms with Gasteiger partial charge in [0, 0.05) is 34.2 Å². The van der Waals surface area contributed by atoms with Gasteiger partial charge in [0.1, 0.15) is 5.75 Å². The van der Waals surface area contributed by atoms with E-state index in [1.807, 2.05) is 17.5 Å². The fourth-order valence-corrected chi connectivity index (χ4v) is 4.24. The molecule has 0 bridgehead atoms. The first-order valence-corrected chi connectivity index (χ1v) is 11.6. The Morgan fingerprint density at radius 3 is 2.55 bits per heavy atom. The third-order valence-electron chi connectivity index (χ3n) is 5.16. The van der Waals surface area contributed by atoms with E-state index in [9.17, 15) is 14.4 Å². The molecule has 0 saturated carbocycles. The highest BCUT2D eigenvalue weighted by atomic mass is 35.5. The maximum Gasteiger partial charge on any atom is 0.262 e. The highest BCUT2D eigenvalue weighted by Crippen LogP contribution is 2.27. The second kappa shape index (κ2) is 10.5. The third kappa shape index (κ3) is 6.12. The topological polar surface area (TPSA) is 87.7 Å². The van der Waals surface area contributed by atoms with E-state index in [2.05, 4.69) is 10.6 Å². The number of nitrogens with one attached hydrogen (secondary N) is 2. The van der Waals surface area contributed by atoms with Crippen LogP contribution in [-0.2, 0) is 20.9 Å². The van der Waals surface area contributed by atoms with Crippen molar-refractivity contribution in [2.45, 2.75) is 13.0 Å². The van der Waals surface area contributed by atoms with Crippen molar-refractivity contribution in [2.75, 3.05) is 23.4 Å². The van der Waals surface area contributed by atoms with E-state index >= 15 is 0 Å². The van der Waals surface area contributed by atoms with Crippen molar-refractivity contribution >= 4 is 52.0 Å². The zero-order chi connectivity index (χ0) is 23.2. The first kappa shape index (κ1) is 22.8. The van der Waals surface area contributed by atoms with Gasteiger partial charge in [0.2, 0.25) is 11.8 Å². The molecule has 3 aromatic rings. The lowest BCUT2D eigenvalue weighted by Crippen LogP contribution is -2.32. The van der Waals surface area contributed by atoms with Crippen LogP contribution in [0.2, 0.25) is 5.02 Å².